The summed E-state index contributed by atoms with van der Waals surface area (Å²) < 4.78 is 5.43. The molecule has 3 N–H and O–H groups in total. The van der Waals surface area contributed by atoms with E-state index in [9.17, 15) is 0 Å². The van der Waals surface area contributed by atoms with Crippen molar-refractivity contribution in [2.24, 2.45) is 11.7 Å². The van der Waals surface area contributed by atoms with Crippen LogP contribution in [0.3, 0.4) is 0 Å². The lowest BCUT2D eigenvalue weighted by Crippen LogP contribution is -2.40. The van der Waals surface area contributed by atoms with Crippen LogP contribution in [0.1, 0.15) is 25.3 Å². The molecule has 0 radical (unpaired) electrons. The van der Waals surface area contributed by atoms with E-state index >= 15 is 0 Å². The van der Waals surface area contributed by atoms with Crippen molar-refractivity contribution in [2.75, 3.05) is 18.0 Å². The van der Waals surface area contributed by atoms with Crippen LogP contribution in [0.4, 0.5) is 5.95 Å². The summed E-state index contributed by atoms with van der Waals surface area (Å²) in [6, 6.07) is 2.19. The lowest BCUT2D eigenvalue weighted by molar-refractivity contribution is 0.352. The van der Waals surface area contributed by atoms with Gasteiger partial charge in [-0.2, -0.15) is 4.98 Å². The number of nitrogens with one attached hydrogen (secondary N) is 1. The van der Waals surface area contributed by atoms with Crippen molar-refractivity contribution in [3.05, 3.63) is 17.9 Å². The highest BCUT2D eigenvalue weighted by Crippen LogP contribution is 2.25. The van der Waals surface area contributed by atoms with Gasteiger partial charge in [0.1, 0.15) is 0 Å². The zero-order valence-electron chi connectivity index (χ0n) is 12.0. The summed E-state index contributed by atoms with van der Waals surface area (Å²) in [4.78, 5) is 6.75. The summed E-state index contributed by atoms with van der Waals surface area (Å²) in [5.41, 5.74) is 7.03. The first-order valence-electron chi connectivity index (χ1n) is 7.12. The van der Waals surface area contributed by atoms with Crippen LogP contribution in [-0.4, -0.2) is 34.3 Å². The van der Waals surface area contributed by atoms with E-state index < -0.39 is 0 Å². The highest BCUT2D eigenvalue weighted by atomic mass is 16.3. The fourth-order valence-corrected chi connectivity index (χ4v) is 2.74. The Bertz CT molecular complexity index is 566. The Morgan fingerprint density at radius 3 is 2.80 bits per heavy atom. The zero-order valence-corrected chi connectivity index (χ0v) is 12.0. The van der Waals surface area contributed by atoms with Crippen LogP contribution in [-0.2, 0) is 0 Å². The highest BCUT2D eigenvalue weighted by molar-refractivity contribution is 5.53. The van der Waals surface area contributed by atoms with Crippen molar-refractivity contribution < 1.29 is 4.42 Å². The first-order valence-corrected chi connectivity index (χ1v) is 7.12. The monoisotopic (exact) mass is 275 g/mol. The third kappa shape index (κ3) is 2.43. The molecule has 0 saturated carbocycles. The largest absolute Gasteiger partial charge is 0.461 e. The van der Waals surface area contributed by atoms with Crippen LogP contribution in [0.15, 0.2) is 16.7 Å². The van der Waals surface area contributed by atoms with Gasteiger partial charge in [-0.1, -0.05) is 0 Å². The third-order valence-electron chi connectivity index (χ3n) is 4.12. The number of aromatic amines is 1. The van der Waals surface area contributed by atoms with Crippen LogP contribution in [0.25, 0.3) is 11.6 Å². The van der Waals surface area contributed by atoms with Crippen molar-refractivity contribution in [1.82, 2.24) is 15.2 Å². The second-order valence-electron chi connectivity index (χ2n) is 5.60. The third-order valence-corrected chi connectivity index (χ3v) is 4.12. The molecule has 1 fully saturated rings. The molecule has 1 atom stereocenters. The molecule has 1 aliphatic heterocycles. The lowest BCUT2D eigenvalue weighted by atomic mass is 9.91. The quantitative estimate of drug-likeness (QED) is 0.894. The van der Waals surface area contributed by atoms with Crippen LogP contribution in [0.2, 0.25) is 0 Å². The van der Waals surface area contributed by atoms with Crippen molar-refractivity contribution >= 4 is 5.95 Å². The fraction of sp³-hybridized carbons (Fsp3) is 0.571. The maximum absolute atomic E-state index is 5.97. The first-order chi connectivity index (χ1) is 9.65. The zero-order chi connectivity index (χ0) is 14.1. The van der Waals surface area contributed by atoms with Crippen LogP contribution in [0, 0.1) is 12.8 Å². The van der Waals surface area contributed by atoms with Crippen molar-refractivity contribution in [3.63, 3.8) is 0 Å². The Kier molecular flexibility index (Phi) is 3.48. The minimum absolute atomic E-state index is 0.269. The Labute approximate surface area is 118 Å². The van der Waals surface area contributed by atoms with E-state index in [1.165, 1.54) is 0 Å². The Morgan fingerprint density at radius 2 is 2.20 bits per heavy atom. The van der Waals surface area contributed by atoms with Gasteiger partial charge in [0, 0.05) is 19.1 Å². The van der Waals surface area contributed by atoms with Gasteiger partial charge in [-0.15, -0.1) is 5.10 Å². The Balaban J connectivity index is 1.71. The number of furan rings is 1. The average Bonchev–Trinajstić information content (AvgIpc) is 3.07. The van der Waals surface area contributed by atoms with Gasteiger partial charge < -0.3 is 15.1 Å². The number of piperidine rings is 1. The van der Waals surface area contributed by atoms with E-state index in [1.807, 2.05) is 13.0 Å². The number of hydrogen-bond donors (Lipinski definition) is 2. The molecule has 1 aliphatic rings. The number of anilines is 1. The van der Waals surface area contributed by atoms with Gasteiger partial charge in [0.25, 0.3) is 0 Å². The van der Waals surface area contributed by atoms with E-state index in [4.69, 9.17) is 10.2 Å². The predicted molar refractivity (Wildman–Crippen MR) is 77.4 cm³/mol. The van der Waals surface area contributed by atoms with E-state index in [0.717, 1.165) is 43.2 Å². The van der Waals surface area contributed by atoms with Crippen LogP contribution >= 0.6 is 0 Å². The molecule has 3 rings (SSSR count). The van der Waals surface area contributed by atoms with Crippen molar-refractivity contribution in [1.29, 1.82) is 0 Å². The number of aromatic nitrogens is 3. The summed E-state index contributed by atoms with van der Waals surface area (Å²) in [6.45, 7) is 6.00. The highest BCUT2D eigenvalue weighted by Gasteiger charge is 2.24. The molecule has 0 bridgehead atoms. The molecule has 2 aromatic rings. The summed E-state index contributed by atoms with van der Waals surface area (Å²) in [6.07, 6.45) is 3.86. The van der Waals surface area contributed by atoms with E-state index in [1.54, 1.807) is 6.26 Å². The first kappa shape index (κ1) is 13.2. The second-order valence-corrected chi connectivity index (χ2v) is 5.60. The number of aryl methyl sites for hydroxylation is 1. The number of nitrogens with two attached hydrogens (primary N) is 1. The molecule has 6 nitrogen and oxygen atoms in total. The smallest absolute Gasteiger partial charge is 0.245 e. The molecule has 0 aliphatic carbocycles. The SMILES string of the molecule is Cc1ccoc1-c1nc(N2CCC(C(C)N)CC2)n[nH]1. The molecule has 3 heterocycles. The Morgan fingerprint density at radius 1 is 1.45 bits per heavy atom. The Hall–Kier alpha value is -1.82. The summed E-state index contributed by atoms with van der Waals surface area (Å²) in [5, 5.41) is 7.26. The molecule has 1 unspecified atom stereocenters. The van der Waals surface area contributed by atoms with Gasteiger partial charge >= 0.3 is 0 Å². The van der Waals surface area contributed by atoms with Crippen molar-refractivity contribution in [2.45, 2.75) is 32.7 Å². The molecule has 2 aromatic heterocycles. The number of nitrogens with zero attached hydrogens (tertiary/aromatic N) is 3. The molecule has 1 saturated heterocycles. The lowest BCUT2D eigenvalue weighted by Gasteiger charge is -2.32. The van der Waals surface area contributed by atoms with Gasteiger partial charge in [-0.05, 0) is 44.2 Å². The van der Waals surface area contributed by atoms with Crippen LogP contribution < -0.4 is 10.6 Å². The van der Waals surface area contributed by atoms with Gasteiger partial charge in [0.2, 0.25) is 5.95 Å². The minimum atomic E-state index is 0.269. The topological polar surface area (TPSA) is 84.0 Å². The summed E-state index contributed by atoms with van der Waals surface area (Å²) in [5.74, 6) is 2.81. The number of H-pyrrole nitrogens is 1. The molecule has 0 amide bonds. The van der Waals surface area contributed by atoms with Gasteiger partial charge in [0.05, 0.1) is 6.26 Å². The molecule has 0 spiro atoms. The molecular weight excluding hydrogens is 254 g/mol. The van der Waals surface area contributed by atoms with Gasteiger partial charge in [0.15, 0.2) is 11.6 Å². The molecule has 0 aromatic carbocycles. The van der Waals surface area contributed by atoms with Crippen molar-refractivity contribution in [3.8, 4) is 11.6 Å². The van der Waals surface area contributed by atoms with E-state index in [0.29, 0.717) is 11.7 Å². The minimum Gasteiger partial charge on any atom is -0.461 e. The van der Waals surface area contributed by atoms with Crippen LogP contribution in [0.5, 0.6) is 0 Å². The molecular formula is C14H21N5O. The average molecular weight is 275 g/mol. The second kappa shape index (κ2) is 5.28. The maximum Gasteiger partial charge on any atom is 0.245 e. The standard InChI is InChI=1S/C14H21N5O/c1-9-5-8-20-12(9)13-16-14(18-17-13)19-6-3-11(4-7-19)10(2)15/h5,8,10-11H,3-4,6-7,15H2,1-2H3,(H,16,17,18). The molecule has 6 heteroatoms. The van der Waals surface area contributed by atoms with E-state index in [-0.39, 0.29) is 6.04 Å². The van der Waals surface area contributed by atoms with Gasteiger partial charge in [-0.25, -0.2) is 0 Å². The van der Waals surface area contributed by atoms with E-state index in [2.05, 4.69) is 27.0 Å². The summed E-state index contributed by atoms with van der Waals surface area (Å²) in [7, 11) is 0. The maximum atomic E-state index is 5.97. The predicted octanol–water partition coefficient (Wildman–Crippen LogP) is 1.94. The van der Waals surface area contributed by atoms with Gasteiger partial charge in [-0.3, -0.25) is 5.10 Å². The molecule has 20 heavy (non-hydrogen) atoms. The normalized spacial score (nSPS) is 18.4. The molecule has 108 valence electrons. The number of rotatable bonds is 3. The number of hydrogen-bond acceptors (Lipinski definition) is 5. The fourth-order valence-electron chi connectivity index (χ4n) is 2.74. The summed E-state index contributed by atoms with van der Waals surface area (Å²) >= 11 is 0.